The zero-order chi connectivity index (χ0) is 29.5. The van der Waals surface area contributed by atoms with E-state index >= 15 is 0 Å². The van der Waals surface area contributed by atoms with E-state index in [1.807, 2.05) is 4.98 Å². The fourth-order valence-electron chi connectivity index (χ4n) is 3.31. The van der Waals surface area contributed by atoms with Gasteiger partial charge in [0.15, 0.2) is 11.5 Å². The van der Waals surface area contributed by atoms with Crippen LogP contribution >= 0.6 is 11.6 Å². The molecule has 0 fully saturated rings. The van der Waals surface area contributed by atoms with Gasteiger partial charge in [0.2, 0.25) is 11.6 Å². The molecule has 0 spiro atoms. The Kier molecular flexibility index (Phi) is 7.49. The fraction of sp³-hybridized carbons (Fsp3) is 0.217. The fourth-order valence-corrected chi connectivity index (χ4v) is 3.53. The molecule has 0 atom stereocenters. The number of benzene rings is 2. The summed E-state index contributed by atoms with van der Waals surface area (Å²) in [7, 11) is 1.47. The number of nitrogens with zero attached hydrogens (tertiary/aromatic N) is 4. The molecule has 17 heteroatoms. The lowest BCUT2D eigenvalue weighted by atomic mass is 10.2. The third-order valence-electron chi connectivity index (χ3n) is 5.25. The van der Waals surface area contributed by atoms with Crippen LogP contribution in [-0.2, 0) is 18.6 Å². The van der Waals surface area contributed by atoms with Crippen molar-refractivity contribution in [2.45, 2.75) is 24.8 Å². The number of alkyl halides is 8. The van der Waals surface area contributed by atoms with Gasteiger partial charge in [-0.2, -0.15) is 35.1 Å². The average Bonchev–Trinajstić information content (AvgIpc) is 3.33. The highest BCUT2D eigenvalue weighted by Crippen LogP contribution is 2.46. The van der Waals surface area contributed by atoms with Crippen LogP contribution in [0.25, 0.3) is 11.6 Å². The number of ether oxygens (including phenoxy) is 2. The minimum Gasteiger partial charge on any atom is -0.497 e. The van der Waals surface area contributed by atoms with Crippen molar-refractivity contribution in [2.75, 3.05) is 7.11 Å². The molecule has 2 aromatic heterocycles. The molecule has 0 saturated carbocycles. The summed E-state index contributed by atoms with van der Waals surface area (Å²) >= 11 is 5.49. The van der Waals surface area contributed by atoms with E-state index in [0.29, 0.717) is 17.4 Å². The Balaban J connectivity index is 1.76. The highest BCUT2D eigenvalue weighted by Gasteiger charge is 2.62. The number of aromatic amines is 1. The Morgan fingerprint density at radius 1 is 0.975 bits per heavy atom. The minimum absolute atomic E-state index is 0.0894. The van der Waals surface area contributed by atoms with Crippen molar-refractivity contribution in [3.8, 4) is 28.9 Å². The van der Waals surface area contributed by atoms with Gasteiger partial charge in [0.05, 0.1) is 24.2 Å². The van der Waals surface area contributed by atoms with Gasteiger partial charge in [0.1, 0.15) is 17.8 Å². The normalized spacial score (nSPS) is 12.4. The maximum Gasteiger partial charge on any atom is 0.459 e. The summed E-state index contributed by atoms with van der Waals surface area (Å²) in [6.45, 7) is 0.0894. The van der Waals surface area contributed by atoms with Crippen LogP contribution in [0.5, 0.6) is 17.2 Å². The zero-order valence-corrected chi connectivity index (χ0v) is 20.5. The molecule has 0 aliphatic carbocycles. The van der Waals surface area contributed by atoms with Gasteiger partial charge < -0.3 is 14.5 Å². The van der Waals surface area contributed by atoms with Crippen LogP contribution in [0.4, 0.5) is 35.1 Å². The molecule has 8 nitrogen and oxygen atoms in total. The van der Waals surface area contributed by atoms with Crippen molar-refractivity contribution >= 4 is 11.6 Å². The molecule has 40 heavy (non-hydrogen) atoms. The van der Waals surface area contributed by atoms with Gasteiger partial charge in [-0.05, 0) is 35.9 Å². The first-order valence-electron chi connectivity index (χ1n) is 10.8. The maximum atomic E-state index is 14.5. The Morgan fingerprint density at radius 3 is 2.23 bits per heavy atom. The number of rotatable bonds is 7. The third-order valence-corrected chi connectivity index (χ3v) is 5.57. The van der Waals surface area contributed by atoms with E-state index in [4.69, 9.17) is 21.1 Å². The number of H-pyrrole nitrogens is 1. The van der Waals surface area contributed by atoms with Gasteiger partial charge in [0, 0.05) is 0 Å². The second kappa shape index (κ2) is 10.4. The first-order chi connectivity index (χ1) is 18.6. The number of hydrogen-bond donors (Lipinski definition) is 1. The number of aromatic nitrogens is 5. The maximum absolute atomic E-state index is 14.5. The first kappa shape index (κ1) is 28.8. The predicted molar refractivity (Wildman–Crippen MR) is 122 cm³/mol. The lowest BCUT2D eigenvalue weighted by Gasteiger charge is -2.21. The summed E-state index contributed by atoms with van der Waals surface area (Å²) in [5.74, 6) is -9.20. The van der Waals surface area contributed by atoms with Crippen LogP contribution < -0.4 is 15.0 Å². The van der Waals surface area contributed by atoms with Crippen LogP contribution in [-0.4, -0.2) is 38.0 Å². The highest BCUT2D eigenvalue weighted by molar-refractivity contribution is 6.31. The van der Waals surface area contributed by atoms with Crippen LogP contribution in [0.3, 0.4) is 0 Å². The zero-order valence-electron chi connectivity index (χ0n) is 19.7. The van der Waals surface area contributed by atoms with Gasteiger partial charge in [-0.1, -0.05) is 23.7 Å². The van der Waals surface area contributed by atoms with E-state index in [0.717, 1.165) is 12.4 Å². The molecule has 0 radical (unpaired) electrons. The Hall–Kier alpha value is -4.21. The molecule has 0 bridgehead atoms. The number of nitrogens with one attached hydrogen (secondary N) is 1. The van der Waals surface area contributed by atoms with Crippen molar-refractivity contribution in [2.24, 2.45) is 0 Å². The van der Waals surface area contributed by atoms with Crippen LogP contribution in [0.15, 0.2) is 53.6 Å². The Labute approximate surface area is 223 Å². The molecule has 0 aliphatic rings. The van der Waals surface area contributed by atoms with E-state index < -0.39 is 63.3 Å². The van der Waals surface area contributed by atoms with E-state index in [9.17, 15) is 39.9 Å². The summed E-state index contributed by atoms with van der Waals surface area (Å²) in [6, 6.07) is 8.28. The monoisotopic (exact) mass is 595 g/mol. The number of hydrogen-bond acceptors (Lipinski definition) is 6. The predicted octanol–water partition coefficient (Wildman–Crippen LogP) is 6.20. The van der Waals surface area contributed by atoms with Crippen molar-refractivity contribution in [3.05, 3.63) is 81.0 Å². The first-order valence-corrected chi connectivity index (χ1v) is 11.1. The summed E-state index contributed by atoms with van der Waals surface area (Å²) in [6.07, 6.45) is -10.2. The largest absolute Gasteiger partial charge is 0.497 e. The van der Waals surface area contributed by atoms with Crippen molar-refractivity contribution in [1.82, 2.24) is 24.7 Å². The summed E-state index contributed by atoms with van der Waals surface area (Å²) in [5.41, 5.74) is -4.68. The molecule has 0 aliphatic heterocycles. The van der Waals surface area contributed by atoms with E-state index in [2.05, 4.69) is 15.1 Å². The van der Waals surface area contributed by atoms with Gasteiger partial charge >= 0.3 is 18.3 Å². The second-order valence-corrected chi connectivity index (χ2v) is 8.43. The SMILES string of the molecule is COc1ccc(Cn2cnc(-c3nc(C(F)(F)C(F)(F)F)c(Oc4ccc(Cl)c(C(F)(F)F)c4)c(=O)[nH]3)n2)cc1. The molecular formula is C23H14ClF8N5O3. The molecule has 0 unspecified atom stereocenters. The lowest BCUT2D eigenvalue weighted by molar-refractivity contribution is -0.291. The van der Waals surface area contributed by atoms with Crippen molar-refractivity contribution < 1.29 is 44.6 Å². The van der Waals surface area contributed by atoms with Crippen LogP contribution in [0.2, 0.25) is 5.02 Å². The van der Waals surface area contributed by atoms with Crippen LogP contribution in [0, 0.1) is 0 Å². The quantitative estimate of drug-likeness (QED) is 0.256. The van der Waals surface area contributed by atoms with E-state index in [1.54, 1.807) is 24.3 Å². The van der Waals surface area contributed by atoms with E-state index in [-0.39, 0.29) is 12.6 Å². The van der Waals surface area contributed by atoms with Crippen molar-refractivity contribution in [1.29, 1.82) is 0 Å². The summed E-state index contributed by atoms with van der Waals surface area (Å²) in [5, 5.41) is 3.14. The topological polar surface area (TPSA) is 94.9 Å². The molecule has 2 heterocycles. The average molecular weight is 596 g/mol. The number of methoxy groups -OCH3 is 1. The third kappa shape index (κ3) is 5.85. The number of halogens is 9. The smallest absolute Gasteiger partial charge is 0.459 e. The van der Waals surface area contributed by atoms with E-state index in [1.165, 1.54) is 11.8 Å². The van der Waals surface area contributed by atoms with Gasteiger partial charge in [-0.3, -0.25) is 4.79 Å². The molecule has 0 amide bonds. The van der Waals surface area contributed by atoms with Crippen molar-refractivity contribution in [3.63, 3.8) is 0 Å². The summed E-state index contributed by atoms with van der Waals surface area (Å²) in [4.78, 5) is 21.6. The molecular weight excluding hydrogens is 582 g/mol. The summed E-state index contributed by atoms with van der Waals surface area (Å²) < 4.78 is 120. The Bertz CT molecular complexity index is 1580. The van der Waals surface area contributed by atoms with Gasteiger partial charge in [-0.25, -0.2) is 14.6 Å². The molecule has 4 aromatic rings. The highest BCUT2D eigenvalue weighted by atomic mass is 35.5. The molecule has 4 rings (SSSR count). The molecule has 1 N–H and O–H groups in total. The Morgan fingerprint density at radius 2 is 1.62 bits per heavy atom. The van der Waals surface area contributed by atoms with Crippen LogP contribution in [0.1, 0.15) is 16.8 Å². The standard InChI is InChI=1S/C23H14ClF8N5O3/c1-39-12-4-2-11(3-5-12)9-37-10-33-18(36-37)19-34-17(21(25,26)23(30,31)32)16(20(38)35-19)40-13-6-7-15(24)14(8-13)22(27,28)29/h2-8,10H,9H2,1H3,(H,34,35,38). The van der Waals surface area contributed by atoms with Gasteiger partial charge in [0.25, 0.3) is 5.56 Å². The minimum atomic E-state index is -6.26. The second-order valence-electron chi connectivity index (χ2n) is 8.02. The molecule has 212 valence electrons. The lowest BCUT2D eigenvalue weighted by Crippen LogP contribution is -2.36. The van der Waals surface area contributed by atoms with Gasteiger partial charge in [-0.15, -0.1) is 5.10 Å². The molecule has 2 aromatic carbocycles. The molecule has 0 saturated heterocycles.